The van der Waals surface area contributed by atoms with E-state index in [-0.39, 0.29) is 5.78 Å². The van der Waals surface area contributed by atoms with Gasteiger partial charge in [-0.25, -0.2) is 0 Å². The van der Waals surface area contributed by atoms with Crippen molar-refractivity contribution in [1.29, 1.82) is 0 Å². The number of rotatable bonds is 4. The van der Waals surface area contributed by atoms with E-state index in [0.717, 1.165) is 22.4 Å². The molecule has 2 aromatic carbocycles. The normalized spacial score (nSPS) is 10.3. The quantitative estimate of drug-likeness (QED) is 0.773. The summed E-state index contributed by atoms with van der Waals surface area (Å²) in [4.78, 5) is 12.6. The second-order valence-corrected chi connectivity index (χ2v) is 4.56. The smallest absolute Gasteiger partial charge is 0.193 e. The van der Waals surface area contributed by atoms with Crippen LogP contribution in [0.25, 0.3) is 0 Å². The molecular formula is C17H18O2. The van der Waals surface area contributed by atoms with E-state index in [0.29, 0.717) is 12.2 Å². The topological polar surface area (TPSA) is 26.3 Å². The first-order valence-corrected chi connectivity index (χ1v) is 6.47. The van der Waals surface area contributed by atoms with Gasteiger partial charge in [-0.3, -0.25) is 4.79 Å². The van der Waals surface area contributed by atoms with Gasteiger partial charge in [-0.1, -0.05) is 30.3 Å². The molecule has 0 fully saturated rings. The standard InChI is InChI=1S/C17H18O2/c1-4-19-15-10-6-9-14(11-15)17(18)16-12(2)7-5-8-13(16)3/h5-11H,4H2,1-3H3. The molecule has 98 valence electrons. The van der Waals surface area contributed by atoms with Gasteiger partial charge in [-0.15, -0.1) is 0 Å². The van der Waals surface area contributed by atoms with Gasteiger partial charge in [0.15, 0.2) is 5.78 Å². The number of ketones is 1. The number of hydrogen-bond donors (Lipinski definition) is 0. The summed E-state index contributed by atoms with van der Waals surface area (Å²) in [5.41, 5.74) is 3.47. The summed E-state index contributed by atoms with van der Waals surface area (Å²) in [7, 11) is 0. The zero-order valence-corrected chi connectivity index (χ0v) is 11.6. The van der Waals surface area contributed by atoms with Crippen LogP contribution in [0.5, 0.6) is 5.75 Å². The van der Waals surface area contributed by atoms with Crippen LogP contribution in [0, 0.1) is 13.8 Å². The van der Waals surface area contributed by atoms with Crippen molar-refractivity contribution in [1.82, 2.24) is 0 Å². The molecule has 0 saturated carbocycles. The van der Waals surface area contributed by atoms with Crippen molar-refractivity contribution in [2.45, 2.75) is 20.8 Å². The Morgan fingerprint density at radius 1 is 1.05 bits per heavy atom. The van der Waals surface area contributed by atoms with Crippen LogP contribution in [-0.4, -0.2) is 12.4 Å². The molecule has 0 aliphatic heterocycles. The Labute approximate surface area is 114 Å². The van der Waals surface area contributed by atoms with Gasteiger partial charge >= 0.3 is 0 Å². The van der Waals surface area contributed by atoms with E-state index in [1.807, 2.05) is 57.2 Å². The minimum Gasteiger partial charge on any atom is -0.494 e. The predicted molar refractivity (Wildman–Crippen MR) is 77.0 cm³/mol. The Balaban J connectivity index is 2.41. The summed E-state index contributed by atoms with van der Waals surface area (Å²) in [5, 5.41) is 0. The predicted octanol–water partition coefficient (Wildman–Crippen LogP) is 3.93. The first-order valence-electron chi connectivity index (χ1n) is 6.47. The maximum absolute atomic E-state index is 12.6. The van der Waals surface area contributed by atoms with Crippen LogP contribution in [0.2, 0.25) is 0 Å². The molecular weight excluding hydrogens is 236 g/mol. The third kappa shape index (κ3) is 2.84. The second-order valence-electron chi connectivity index (χ2n) is 4.56. The molecule has 0 N–H and O–H groups in total. The first-order chi connectivity index (χ1) is 9.13. The van der Waals surface area contributed by atoms with Gasteiger partial charge in [-0.05, 0) is 44.0 Å². The van der Waals surface area contributed by atoms with Crippen molar-refractivity contribution in [3.05, 3.63) is 64.7 Å². The molecule has 0 spiro atoms. The Hall–Kier alpha value is -2.09. The van der Waals surface area contributed by atoms with E-state index in [4.69, 9.17) is 4.74 Å². The lowest BCUT2D eigenvalue weighted by Crippen LogP contribution is -2.06. The number of hydrogen-bond acceptors (Lipinski definition) is 2. The second kappa shape index (κ2) is 5.70. The van der Waals surface area contributed by atoms with E-state index in [1.54, 1.807) is 6.07 Å². The fourth-order valence-electron chi connectivity index (χ4n) is 2.21. The molecule has 0 bridgehead atoms. The Bertz CT molecular complexity index is 580. The molecule has 0 aliphatic rings. The molecule has 0 radical (unpaired) electrons. The lowest BCUT2D eigenvalue weighted by Gasteiger charge is -2.10. The molecule has 2 heteroatoms. The molecule has 2 rings (SSSR count). The van der Waals surface area contributed by atoms with Crippen molar-refractivity contribution in [2.75, 3.05) is 6.61 Å². The zero-order chi connectivity index (χ0) is 13.8. The molecule has 0 saturated heterocycles. The highest BCUT2D eigenvalue weighted by atomic mass is 16.5. The summed E-state index contributed by atoms with van der Waals surface area (Å²) in [6, 6.07) is 13.3. The Morgan fingerprint density at radius 2 is 1.68 bits per heavy atom. The van der Waals surface area contributed by atoms with E-state index < -0.39 is 0 Å². The highest BCUT2D eigenvalue weighted by Crippen LogP contribution is 2.21. The van der Waals surface area contributed by atoms with Crippen LogP contribution in [-0.2, 0) is 0 Å². The molecule has 0 aromatic heterocycles. The zero-order valence-electron chi connectivity index (χ0n) is 11.6. The minimum atomic E-state index is 0.0529. The first kappa shape index (κ1) is 13.3. The molecule has 2 aromatic rings. The highest BCUT2D eigenvalue weighted by molar-refractivity contribution is 6.11. The third-order valence-corrected chi connectivity index (χ3v) is 3.12. The Kier molecular flexibility index (Phi) is 4.00. The van der Waals surface area contributed by atoms with Gasteiger partial charge in [0.25, 0.3) is 0 Å². The highest BCUT2D eigenvalue weighted by Gasteiger charge is 2.14. The van der Waals surface area contributed by atoms with Crippen LogP contribution < -0.4 is 4.74 Å². The lowest BCUT2D eigenvalue weighted by atomic mass is 9.95. The van der Waals surface area contributed by atoms with Gasteiger partial charge < -0.3 is 4.74 Å². The third-order valence-electron chi connectivity index (χ3n) is 3.12. The largest absolute Gasteiger partial charge is 0.494 e. The molecule has 0 atom stereocenters. The lowest BCUT2D eigenvalue weighted by molar-refractivity contribution is 0.103. The summed E-state index contributed by atoms with van der Waals surface area (Å²) in [6.45, 7) is 6.46. The van der Waals surface area contributed by atoms with Crippen molar-refractivity contribution in [3.8, 4) is 5.75 Å². The maximum Gasteiger partial charge on any atom is 0.193 e. The number of aryl methyl sites for hydroxylation is 2. The summed E-state index contributed by atoms with van der Waals surface area (Å²) in [5.74, 6) is 0.789. The van der Waals surface area contributed by atoms with Gasteiger partial charge in [0.2, 0.25) is 0 Å². The van der Waals surface area contributed by atoms with Gasteiger partial charge in [0, 0.05) is 11.1 Å². The number of benzene rings is 2. The van der Waals surface area contributed by atoms with Crippen LogP contribution in [0.3, 0.4) is 0 Å². The fourth-order valence-corrected chi connectivity index (χ4v) is 2.21. The van der Waals surface area contributed by atoms with Crippen LogP contribution in [0.1, 0.15) is 34.0 Å². The van der Waals surface area contributed by atoms with Gasteiger partial charge in [0.1, 0.15) is 5.75 Å². The fraction of sp³-hybridized carbons (Fsp3) is 0.235. The van der Waals surface area contributed by atoms with E-state index in [2.05, 4.69) is 0 Å². The van der Waals surface area contributed by atoms with Crippen LogP contribution in [0.4, 0.5) is 0 Å². The van der Waals surface area contributed by atoms with Crippen LogP contribution in [0.15, 0.2) is 42.5 Å². The minimum absolute atomic E-state index is 0.0529. The molecule has 0 heterocycles. The average Bonchev–Trinajstić information content (AvgIpc) is 2.39. The summed E-state index contributed by atoms with van der Waals surface area (Å²) < 4.78 is 5.44. The van der Waals surface area contributed by atoms with Gasteiger partial charge in [-0.2, -0.15) is 0 Å². The summed E-state index contributed by atoms with van der Waals surface area (Å²) in [6.07, 6.45) is 0. The van der Waals surface area contributed by atoms with E-state index in [1.165, 1.54) is 0 Å². The average molecular weight is 254 g/mol. The Morgan fingerprint density at radius 3 is 2.32 bits per heavy atom. The number of carbonyl (C=O) groups excluding carboxylic acids is 1. The molecule has 0 unspecified atom stereocenters. The molecule has 19 heavy (non-hydrogen) atoms. The van der Waals surface area contributed by atoms with E-state index in [9.17, 15) is 4.79 Å². The van der Waals surface area contributed by atoms with Gasteiger partial charge in [0.05, 0.1) is 6.61 Å². The van der Waals surface area contributed by atoms with Crippen molar-refractivity contribution < 1.29 is 9.53 Å². The summed E-state index contributed by atoms with van der Waals surface area (Å²) >= 11 is 0. The number of ether oxygens (including phenoxy) is 1. The van der Waals surface area contributed by atoms with Crippen molar-refractivity contribution >= 4 is 5.78 Å². The maximum atomic E-state index is 12.6. The molecule has 0 amide bonds. The molecule has 0 aliphatic carbocycles. The van der Waals surface area contributed by atoms with E-state index >= 15 is 0 Å². The monoisotopic (exact) mass is 254 g/mol. The van der Waals surface area contributed by atoms with Crippen LogP contribution >= 0.6 is 0 Å². The SMILES string of the molecule is CCOc1cccc(C(=O)c2c(C)cccc2C)c1. The van der Waals surface area contributed by atoms with Crippen molar-refractivity contribution in [2.24, 2.45) is 0 Å². The molecule has 2 nitrogen and oxygen atoms in total. The number of carbonyl (C=O) groups is 1. The van der Waals surface area contributed by atoms with Crippen molar-refractivity contribution in [3.63, 3.8) is 0 Å².